The van der Waals surface area contributed by atoms with Gasteiger partial charge in [0, 0.05) is 9.50 Å². The van der Waals surface area contributed by atoms with Crippen molar-refractivity contribution in [3.63, 3.8) is 0 Å². The quantitative estimate of drug-likeness (QED) is 0.632. The van der Waals surface area contributed by atoms with Crippen LogP contribution in [0, 0.1) is 12.7 Å². The fourth-order valence-corrected chi connectivity index (χ4v) is 2.78. The minimum Gasteiger partial charge on any atom is -0.271 e. The van der Waals surface area contributed by atoms with E-state index in [2.05, 4.69) is 21.4 Å². The Balaban J connectivity index is 2.31. The van der Waals surface area contributed by atoms with Gasteiger partial charge in [0.15, 0.2) is 0 Å². The van der Waals surface area contributed by atoms with E-state index in [-0.39, 0.29) is 11.9 Å². The molecule has 0 bridgehead atoms. The second-order valence-corrected chi connectivity index (χ2v) is 5.98. The molecule has 106 valence electrons. The molecule has 0 radical (unpaired) electrons. The maximum atomic E-state index is 13.1. The van der Waals surface area contributed by atoms with Gasteiger partial charge in [-0.05, 0) is 60.4 Å². The predicted molar refractivity (Wildman–Crippen MR) is 84.1 cm³/mol. The highest BCUT2D eigenvalue weighted by Gasteiger charge is 2.15. The number of hydrazine groups is 1. The number of benzene rings is 2. The Morgan fingerprint density at radius 1 is 1.30 bits per heavy atom. The third-order valence-electron chi connectivity index (χ3n) is 3.26. The summed E-state index contributed by atoms with van der Waals surface area (Å²) in [5, 5.41) is 0.649. The molecular weight excluding hydrogens is 343 g/mol. The monoisotopic (exact) mass is 356 g/mol. The third-order valence-corrected chi connectivity index (χ3v) is 4.10. The van der Waals surface area contributed by atoms with Gasteiger partial charge in [-0.1, -0.05) is 33.6 Å². The SMILES string of the molecule is Cc1cc(F)ccc1CC(NN)c1cc(Br)ccc1Cl. The van der Waals surface area contributed by atoms with E-state index in [0.29, 0.717) is 11.4 Å². The molecule has 2 aromatic rings. The van der Waals surface area contributed by atoms with Gasteiger partial charge in [0.05, 0.1) is 6.04 Å². The van der Waals surface area contributed by atoms with Crippen LogP contribution in [0.1, 0.15) is 22.7 Å². The average molecular weight is 358 g/mol. The largest absolute Gasteiger partial charge is 0.271 e. The lowest BCUT2D eigenvalue weighted by Gasteiger charge is -2.19. The fourth-order valence-electron chi connectivity index (χ4n) is 2.15. The minimum atomic E-state index is -0.232. The second kappa shape index (κ2) is 6.68. The molecule has 0 aliphatic carbocycles. The maximum Gasteiger partial charge on any atom is 0.123 e. The Morgan fingerprint density at radius 3 is 2.70 bits per heavy atom. The Bertz CT molecular complexity index is 619. The number of hydrogen-bond acceptors (Lipinski definition) is 2. The lowest BCUT2D eigenvalue weighted by atomic mass is 9.96. The number of aryl methyl sites for hydroxylation is 1. The standard InChI is InChI=1S/C15H15BrClFN2/c1-9-6-12(18)4-2-10(9)7-15(20-19)13-8-11(16)3-5-14(13)17/h2-6,8,15,20H,7,19H2,1H3. The molecule has 0 saturated heterocycles. The zero-order chi connectivity index (χ0) is 14.7. The molecule has 2 rings (SSSR count). The molecule has 3 N–H and O–H groups in total. The number of rotatable bonds is 4. The number of halogens is 3. The van der Waals surface area contributed by atoms with Crippen molar-refractivity contribution < 1.29 is 4.39 Å². The molecule has 0 fully saturated rings. The van der Waals surface area contributed by atoms with Crippen LogP contribution in [0.4, 0.5) is 4.39 Å². The van der Waals surface area contributed by atoms with Crippen molar-refractivity contribution >= 4 is 27.5 Å². The van der Waals surface area contributed by atoms with Gasteiger partial charge >= 0.3 is 0 Å². The molecule has 0 aliphatic heterocycles. The molecule has 20 heavy (non-hydrogen) atoms. The molecule has 0 heterocycles. The molecule has 5 heteroatoms. The molecular formula is C15H15BrClFN2. The van der Waals surface area contributed by atoms with Gasteiger partial charge in [0.25, 0.3) is 0 Å². The van der Waals surface area contributed by atoms with Crippen LogP contribution in [0.5, 0.6) is 0 Å². The summed E-state index contributed by atoms with van der Waals surface area (Å²) in [4.78, 5) is 0. The summed E-state index contributed by atoms with van der Waals surface area (Å²) in [5.41, 5.74) is 5.62. The Labute approximate surface area is 131 Å². The molecule has 2 aromatic carbocycles. The highest BCUT2D eigenvalue weighted by molar-refractivity contribution is 9.10. The van der Waals surface area contributed by atoms with Crippen LogP contribution in [0.25, 0.3) is 0 Å². The highest BCUT2D eigenvalue weighted by atomic mass is 79.9. The van der Waals surface area contributed by atoms with E-state index < -0.39 is 0 Å². The van der Waals surface area contributed by atoms with Gasteiger partial charge in [0.2, 0.25) is 0 Å². The van der Waals surface area contributed by atoms with Crippen molar-refractivity contribution in [3.8, 4) is 0 Å². The van der Waals surface area contributed by atoms with Crippen LogP contribution < -0.4 is 11.3 Å². The minimum absolute atomic E-state index is 0.135. The molecule has 0 amide bonds. The summed E-state index contributed by atoms with van der Waals surface area (Å²) in [6, 6.07) is 10.3. The van der Waals surface area contributed by atoms with Gasteiger partial charge in [-0.3, -0.25) is 11.3 Å². The van der Waals surface area contributed by atoms with Crippen LogP contribution in [-0.2, 0) is 6.42 Å². The van der Waals surface area contributed by atoms with Crippen molar-refractivity contribution in [3.05, 3.63) is 68.4 Å². The van der Waals surface area contributed by atoms with E-state index in [1.54, 1.807) is 6.07 Å². The molecule has 0 spiro atoms. The predicted octanol–water partition coefficient (Wildman–Crippen LogP) is 4.30. The number of hydrogen-bond donors (Lipinski definition) is 2. The van der Waals surface area contributed by atoms with E-state index in [1.165, 1.54) is 12.1 Å². The van der Waals surface area contributed by atoms with Crippen molar-refractivity contribution in [2.45, 2.75) is 19.4 Å². The summed E-state index contributed by atoms with van der Waals surface area (Å²) in [6.07, 6.45) is 0.638. The van der Waals surface area contributed by atoms with E-state index in [4.69, 9.17) is 17.4 Å². The Hall–Kier alpha value is -0.940. The molecule has 2 nitrogen and oxygen atoms in total. The lowest BCUT2D eigenvalue weighted by molar-refractivity contribution is 0.549. The van der Waals surface area contributed by atoms with Gasteiger partial charge in [-0.15, -0.1) is 0 Å². The Kier molecular flexibility index (Phi) is 5.16. The van der Waals surface area contributed by atoms with Crippen LogP contribution in [0.15, 0.2) is 40.9 Å². The summed E-state index contributed by atoms with van der Waals surface area (Å²) >= 11 is 9.65. The zero-order valence-corrected chi connectivity index (χ0v) is 13.3. The van der Waals surface area contributed by atoms with E-state index >= 15 is 0 Å². The maximum absolute atomic E-state index is 13.1. The lowest BCUT2D eigenvalue weighted by Crippen LogP contribution is -2.30. The van der Waals surface area contributed by atoms with Gasteiger partial charge < -0.3 is 0 Å². The van der Waals surface area contributed by atoms with Crippen molar-refractivity contribution in [1.29, 1.82) is 0 Å². The molecule has 0 aromatic heterocycles. The number of nitrogens with one attached hydrogen (secondary N) is 1. The molecule has 1 atom stereocenters. The van der Waals surface area contributed by atoms with Crippen LogP contribution in [0.2, 0.25) is 5.02 Å². The van der Waals surface area contributed by atoms with Crippen molar-refractivity contribution in [2.75, 3.05) is 0 Å². The van der Waals surface area contributed by atoms with E-state index in [1.807, 2.05) is 25.1 Å². The average Bonchev–Trinajstić information content (AvgIpc) is 2.41. The number of nitrogens with two attached hydrogens (primary N) is 1. The Morgan fingerprint density at radius 2 is 2.05 bits per heavy atom. The summed E-state index contributed by atoms with van der Waals surface area (Å²) in [7, 11) is 0. The molecule has 0 aliphatic rings. The highest BCUT2D eigenvalue weighted by Crippen LogP contribution is 2.29. The first kappa shape index (κ1) is 15.4. The smallest absolute Gasteiger partial charge is 0.123 e. The van der Waals surface area contributed by atoms with E-state index in [0.717, 1.165) is 21.2 Å². The first-order valence-electron chi connectivity index (χ1n) is 6.17. The first-order chi connectivity index (χ1) is 9.51. The van der Waals surface area contributed by atoms with Gasteiger partial charge in [-0.25, -0.2) is 4.39 Å². The van der Waals surface area contributed by atoms with Gasteiger partial charge in [0.1, 0.15) is 5.82 Å². The first-order valence-corrected chi connectivity index (χ1v) is 7.34. The fraction of sp³-hybridized carbons (Fsp3) is 0.200. The van der Waals surface area contributed by atoms with E-state index in [9.17, 15) is 4.39 Å². The summed E-state index contributed by atoms with van der Waals surface area (Å²) in [6.45, 7) is 1.88. The molecule has 1 unspecified atom stereocenters. The zero-order valence-electron chi connectivity index (χ0n) is 11.0. The second-order valence-electron chi connectivity index (χ2n) is 4.66. The van der Waals surface area contributed by atoms with Crippen LogP contribution in [-0.4, -0.2) is 0 Å². The summed E-state index contributed by atoms with van der Waals surface area (Å²) in [5.74, 6) is 5.42. The topological polar surface area (TPSA) is 38.0 Å². The van der Waals surface area contributed by atoms with Crippen LogP contribution in [0.3, 0.4) is 0 Å². The van der Waals surface area contributed by atoms with Crippen molar-refractivity contribution in [2.24, 2.45) is 5.84 Å². The summed E-state index contributed by atoms with van der Waals surface area (Å²) < 4.78 is 14.1. The van der Waals surface area contributed by atoms with Crippen molar-refractivity contribution in [1.82, 2.24) is 5.43 Å². The van der Waals surface area contributed by atoms with Gasteiger partial charge in [-0.2, -0.15) is 0 Å². The normalized spacial score (nSPS) is 12.4. The van der Waals surface area contributed by atoms with Crippen LogP contribution >= 0.6 is 27.5 Å². The molecule has 0 saturated carbocycles. The third kappa shape index (κ3) is 3.58.